The van der Waals surface area contributed by atoms with Gasteiger partial charge in [0.1, 0.15) is 12.1 Å². The topological polar surface area (TPSA) is 74.9 Å². The number of hydrogen-bond donors (Lipinski definition) is 2. The first-order valence-electron chi connectivity index (χ1n) is 10.5. The molecule has 0 bridgehead atoms. The van der Waals surface area contributed by atoms with Gasteiger partial charge < -0.3 is 19.8 Å². The van der Waals surface area contributed by atoms with Crippen molar-refractivity contribution in [3.8, 4) is 11.5 Å². The SMILES string of the molecule is CCNC(=NCC(C)(C)N1CCOCC1)NCCc1coc(-c2ccc(F)cc2)n1. The summed E-state index contributed by atoms with van der Waals surface area (Å²) in [4.78, 5) is 11.7. The van der Waals surface area contributed by atoms with Crippen LogP contribution in [0.15, 0.2) is 39.9 Å². The van der Waals surface area contributed by atoms with E-state index >= 15 is 0 Å². The van der Waals surface area contributed by atoms with Gasteiger partial charge in [0.05, 0.1) is 25.5 Å². The van der Waals surface area contributed by atoms with Crippen molar-refractivity contribution >= 4 is 5.96 Å². The minimum absolute atomic E-state index is 0.0255. The number of rotatable bonds is 8. The molecule has 8 heteroatoms. The first kappa shape index (κ1) is 22.2. The quantitative estimate of drug-likeness (QED) is 0.508. The predicted octanol–water partition coefficient (Wildman–Crippen LogP) is 2.69. The summed E-state index contributed by atoms with van der Waals surface area (Å²) in [5.41, 5.74) is 1.57. The number of hydrogen-bond acceptors (Lipinski definition) is 5. The monoisotopic (exact) mass is 417 g/mol. The molecule has 3 rings (SSSR count). The second kappa shape index (κ2) is 10.5. The van der Waals surface area contributed by atoms with E-state index in [0.717, 1.165) is 50.1 Å². The minimum atomic E-state index is -0.276. The Morgan fingerprint density at radius 3 is 2.63 bits per heavy atom. The normalized spacial score (nSPS) is 15.9. The van der Waals surface area contributed by atoms with Crippen molar-refractivity contribution in [2.45, 2.75) is 32.7 Å². The fraction of sp³-hybridized carbons (Fsp3) is 0.545. The highest BCUT2D eigenvalue weighted by Crippen LogP contribution is 2.19. The van der Waals surface area contributed by atoms with E-state index in [-0.39, 0.29) is 11.4 Å². The average Bonchev–Trinajstić information content (AvgIpc) is 3.22. The fourth-order valence-electron chi connectivity index (χ4n) is 3.34. The maximum absolute atomic E-state index is 13.1. The van der Waals surface area contributed by atoms with E-state index in [2.05, 4.69) is 41.3 Å². The number of guanidine groups is 1. The van der Waals surface area contributed by atoms with Crippen LogP contribution in [0.3, 0.4) is 0 Å². The van der Waals surface area contributed by atoms with Crippen molar-refractivity contribution in [1.82, 2.24) is 20.5 Å². The van der Waals surface area contributed by atoms with Crippen LogP contribution in [0.2, 0.25) is 0 Å². The van der Waals surface area contributed by atoms with E-state index in [1.165, 1.54) is 12.1 Å². The molecule has 164 valence electrons. The summed E-state index contributed by atoms with van der Waals surface area (Å²) in [6, 6.07) is 6.13. The lowest BCUT2D eigenvalue weighted by Gasteiger charge is -2.39. The molecule has 0 atom stereocenters. The highest BCUT2D eigenvalue weighted by Gasteiger charge is 2.28. The van der Waals surface area contributed by atoms with E-state index in [0.29, 0.717) is 25.4 Å². The van der Waals surface area contributed by atoms with Crippen LogP contribution < -0.4 is 10.6 Å². The molecule has 0 aliphatic carbocycles. The lowest BCUT2D eigenvalue weighted by molar-refractivity contribution is -0.00683. The molecule has 1 saturated heterocycles. The minimum Gasteiger partial charge on any atom is -0.444 e. The molecule has 1 aromatic heterocycles. The number of nitrogens with one attached hydrogen (secondary N) is 2. The third kappa shape index (κ3) is 6.27. The van der Waals surface area contributed by atoms with Crippen molar-refractivity contribution in [2.24, 2.45) is 4.99 Å². The van der Waals surface area contributed by atoms with E-state index in [4.69, 9.17) is 14.1 Å². The van der Waals surface area contributed by atoms with Crippen LogP contribution in [0.1, 0.15) is 26.5 Å². The molecule has 1 aromatic carbocycles. The molecular formula is C22H32FN5O2. The molecule has 2 heterocycles. The molecule has 1 fully saturated rings. The zero-order valence-electron chi connectivity index (χ0n) is 18.1. The molecule has 30 heavy (non-hydrogen) atoms. The molecule has 1 aliphatic heterocycles. The summed E-state index contributed by atoms with van der Waals surface area (Å²) in [5.74, 6) is 1.01. The van der Waals surface area contributed by atoms with Crippen LogP contribution in [-0.4, -0.2) is 67.3 Å². The van der Waals surface area contributed by atoms with Gasteiger partial charge in [-0.15, -0.1) is 0 Å². The number of halogens is 1. The Balaban J connectivity index is 1.52. The van der Waals surface area contributed by atoms with Gasteiger partial charge in [0.25, 0.3) is 0 Å². The van der Waals surface area contributed by atoms with Gasteiger partial charge in [0.2, 0.25) is 5.89 Å². The average molecular weight is 418 g/mol. The van der Waals surface area contributed by atoms with E-state index in [1.54, 1.807) is 18.4 Å². The van der Waals surface area contributed by atoms with Crippen LogP contribution in [0, 0.1) is 5.82 Å². The van der Waals surface area contributed by atoms with Gasteiger partial charge in [-0.1, -0.05) is 0 Å². The number of ether oxygens (including phenoxy) is 1. The molecule has 2 aromatic rings. The van der Waals surface area contributed by atoms with Crippen LogP contribution in [-0.2, 0) is 11.2 Å². The first-order valence-corrected chi connectivity index (χ1v) is 10.5. The summed E-state index contributed by atoms with van der Waals surface area (Å²) in [7, 11) is 0. The summed E-state index contributed by atoms with van der Waals surface area (Å²) in [6.07, 6.45) is 2.34. The number of oxazole rings is 1. The third-order valence-electron chi connectivity index (χ3n) is 5.15. The summed E-state index contributed by atoms with van der Waals surface area (Å²) in [5, 5.41) is 6.66. The van der Waals surface area contributed by atoms with Gasteiger partial charge in [-0.2, -0.15) is 0 Å². The van der Waals surface area contributed by atoms with Crippen LogP contribution in [0.5, 0.6) is 0 Å². The van der Waals surface area contributed by atoms with Crippen LogP contribution in [0.4, 0.5) is 4.39 Å². The van der Waals surface area contributed by atoms with Gasteiger partial charge in [-0.05, 0) is 45.0 Å². The largest absolute Gasteiger partial charge is 0.444 e. The lowest BCUT2D eigenvalue weighted by Crippen LogP contribution is -2.52. The number of aromatic nitrogens is 1. The van der Waals surface area contributed by atoms with Crippen LogP contribution >= 0.6 is 0 Å². The van der Waals surface area contributed by atoms with Gasteiger partial charge >= 0.3 is 0 Å². The van der Waals surface area contributed by atoms with Crippen molar-refractivity contribution in [3.05, 3.63) is 42.0 Å². The molecule has 7 nitrogen and oxygen atoms in total. The second-order valence-electron chi connectivity index (χ2n) is 7.93. The number of aliphatic imine (C=N–C) groups is 1. The molecular weight excluding hydrogens is 385 g/mol. The van der Waals surface area contributed by atoms with E-state index < -0.39 is 0 Å². The number of benzene rings is 1. The first-order chi connectivity index (χ1) is 14.5. The number of nitrogens with zero attached hydrogens (tertiary/aromatic N) is 3. The third-order valence-corrected chi connectivity index (χ3v) is 5.15. The smallest absolute Gasteiger partial charge is 0.226 e. The van der Waals surface area contributed by atoms with Gasteiger partial charge in [-0.3, -0.25) is 9.89 Å². The molecule has 0 spiro atoms. The highest BCUT2D eigenvalue weighted by atomic mass is 19.1. The summed E-state index contributed by atoms with van der Waals surface area (Å²) in [6.45, 7) is 12.1. The molecule has 0 unspecified atom stereocenters. The standard InChI is InChI=1S/C22H32FN5O2/c1-4-24-21(26-16-22(2,3)28-11-13-29-14-12-28)25-10-9-19-15-30-20(27-19)17-5-7-18(23)8-6-17/h5-8,15H,4,9-14,16H2,1-3H3,(H2,24,25,26). The van der Waals surface area contributed by atoms with E-state index in [9.17, 15) is 4.39 Å². The van der Waals surface area contributed by atoms with Crippen LogP contribution in [0.25, 0.3) is 11.5 Å². The lowest BCUT2D eigenvalue weighted by atomic mass is 10.0. The Morgan fingerprint density at radius 2 is 1.93 bits per heavy atom. The Bertz CT molecular complexity index is 813. The zero-order valence-corrected chi connectivity index (χ0v) is 18.1. The molecule has 0 amide bonds. The predicted molar refractivity (Wildman–Crippen MR) is 116 cm³/mol. The Labute approximate surface area is 177 Å². The molecule has 1 aliphatic rings. The second-order valence-corrected chi connectivity index (χ2v) is 7.93. The van der Waals surface area contributed by atoms with Crippen molar-refractivity contribution < 1.29 is 13.5 Å². The fourth-order valence-corrected chi connectivity index (χ4v) is 3.34. The summed E-state index contributed by atoms with van der Waals surface area (Å²) >= 11 is 0. The Kier molecular flexibility index (Phi) is 7.81. The Morgan fingerprint density at radius 1 is 1.20 bits per heavy atom. The van der Waals surface area contributed by atoms with Crippen molar-refractivity contribution in [3.63, 3.8) is 0 Å². The van der Waals surface area contributed by atoms with Crippen molar-refractivity contribution in [1.29, 1.82) is 0 Å². The highest BCUT2D eigenvalue weighted by molar-refractivity contribution is 5.79. The summed E-state index contributed by atoms with van der Waals surface area (Å²) < 4.78 is 24.1. The molecule has 0 saturated carbocycles. The van der Waals surface area contributed by atoms with Crippen molar-refractivity contribution in [2.75, 3.05) is 45.9 Å². The molecule has 0 radical (unpaired) electrons. The Hall–Kier alpha value is -2.45. The maximum atomic E-state index is 13.1. The van der Waals surface area contributed by atoms with Gasteiger partial charge in [0.15, 0.2) is 5.96 Å². The van der Waals surface area contributed by atoms with Gasteiger partial charge in [0, 0.05) is 43.7 Å². The van der Waals surface area contributed by atoms with Gasteiger partial charge in [-0.25, -0.2) is 9.37 Å². The zero-order chi connectivity index (χ0) is 21.4. The maximum Gasteiger partial charge on any atom is 0.226 e. The molecule has 2 N–H and O–H groups in total. The number of morpholine rings is 1. The van der Waals surface area contributed by atoms with E-state index in [1.807, 2.05) is 0 Å².